The number of likely N-dealkylation sites (tertiary alicyclic amines) is 1. The van der Waals surface area contributed by atoms with Crippen LogP contribution in [0.5, 0.6) is 0 Å². The van der Waals surface area contributed by atoms with E-state index in [4.69, 9.17) is 10.5 Å². The maximum absolute atomic E-state index is 12.2. The van der Waals surface area contributed by atoms with Gasteiger partial charge in [0.15, 0.2) is 0 Å². The van der Waals surface area contributed by atoms with E-state index in [0.29, 0.717) is 12.3 Å². The predicted octanol–water partition coefficient (Wildman–Crippen LogP) is 1.14. The molecule has 2 N–H and O–H groups in total. The molecule has 17 heavy (non-hydrogen) atoms. The zero-order valence-electron chi connectivity index (χ0n) is 10.8. The summed E-state index contributed by atoms with van der Waals surface area (Å²) in [6.07, 6.45) is 5.99. The fourth-order valence-corrected chi connectivity index (χ4v) is 2.94. The monoisotopic (exact) mass is 240 g/mol. The number of methoxy groups -OCH3 is 1. The first-order valence-corrected chi connectivity index (χ1v) is 6.72. The highest BCUT2D eigenvalue weighted by atomic mass is 16.5. The summed E-state index contributed by atoms with van der Waals surface area (Å²) in [7, 11) is 1.73. The second kappa shape index (κ2) is 5.36. The molecule has 0 aromatic rings. The molecule has 4 heteroatoms. The first-order valence-electron chi connectivity index (χ1n) is 6.72. The quantitative estimate of drug-likeness (QED) is 0.784. The van der Waals surface area contributed by atoms with Crippen molar-refractivity contribution in [2.45, 2.75) is 44.1 Å². The molecule has 1 saturated carbocycles. The van der Waals surface area contributed by atoms with Gasteiger partial charge in [0.1, 0.15) is 0 Å². The Labute approximate surface area is 103 Å². The molecule has 1 amide bonds. The summed E-state index contributed by atoms with van der Waals surface area (Å²) in [4.78, 5) is 14.2. The third-order valence-corrected chi connectivity index (χ3v) is 4.38. The summed E-state index contributed by atoms with van der Waals surface area (Å²) in [6, 6.07) is 0. The molecule has 2 aliphatic rings. The maximum Gasteiger partial charge on any atom is 0.225 e. The van der Waals surface area contributed by atoms with Crippen LogP contribution in [0.1, 0.15) is 38.5 Å². The first-order chi connectivity index (χ1) is 8.19. The largest absolute Gasteiger partial charge is 0.378 e. The maximum atomic E-state index is 12.2. The summed E-state index contributed by atoms with van der Waals surface area (Å²) < 4.78 is 5.51. The van der Waals surface area contributed by atoms with Crippen molar-refractivity contribution in [2.24, 2.45) is 11.7 Å². The van der Waals surface area contributed by atoms with Gasteiger partial charge in [-0.05, 0) is 44.6 Å². The molecule has 2 fully saturated rings. The van der Waals surface area contributed by atoms with Crippen LogP contribution in [0.2, 0.25) is 0 Å². The first kappa shape index (κ1) is 12.8. The highest BCUT2D eigenvalue weighted by molar-refractivity contribution is 5.77. The fourth-order valence-electron chi connectivity index (χ4n) is 2.94. The van der Waals surface area contributed by atoms with E-state index in [1.54, 1.807) is 7.11 Å². The predicted molar refractivity (Wildman–Crippen MR) is 66.6 cm³/mol. The van der Waals surface area contributed by atoms with Crippen molar-refractivity contribution in [2.75, 3.05) is 26.7 Å². The average Bonchev–Trinajstić information content (AvgIpc) is 2.72. The van der Waals surface area contributed by atoms with Crippen LogP contribution in [-0.4, -0.2) is 43.2 Å². The molecule has 0 spiro atoms. The van der Waals surface area contributed by atoms with Crippen LogP contribution in [0.4, 0.5) is 0 Å². The molecule has 1 unspecified atom stereocenters. The lowest BCUT2D eigenvalue weighted by molar-refractivity contribution is -0.143. The average molecular weight is 240 g/mol. The van der Waals surface area contributed by atoms with Gasteiger partial charge in [-0.25, -0.2) is 0 Å². The lowest BCUT2D eigenvalue weighted by Gasteiger charge is -2.40. The van der Waals surface area contributed by atoms with Crippen LogP contribution in [0.15, 0.2) is 0 Å². The smallest absolute Gasteiger partial charge is 0.225 e. The SMILES string of the molecule is COC1(CC(=O)N2CCC(CCN)C2)CCC1. The third kappa shape index (κ3) is 2.80. The molecule has 4 nitrogen and oxygen atoms in total. The van der Waals surface area contributed by atoms with Crippen LogP contribution in [0, 0.1) is 5.92 Å². The Hall–Kier alpha value is -0.610. The van der Waals surface area contributed by atoms with E-state index < -0.39 is 0 Å². The van der Waals surface area contributed by atoms with Crippen molar-refractivity contribution in [3.05, 3.63) is 0 Å². The number of nitrogens with zero attached hydrogens (tertiary/aromatic N) is 1. The Morgan fingerprint density at radius 3 is 2.82 bits per heavy atom. The lowest BCUT2D eigenvalue weighted by Crippen LogP contribution is -2.44. The Bertz CT molecular complexity index is 271. The summed E-state index contributed by atoms with van der Waals surface area (Å²) >= 11 is 0. The van der Waals surface area contributed by atoms with Crippen LogP contribution >= 0.6 is 0 Å². The Morgan fingerprint density at radius 1 is 1.53 bits per heavy atom. The van der Waals surface area contributed by atoms with Gasteiger partial charge in [0.25, 0.3) is 0 Å². The number of carbonyl (C=O) groups excluding carboxylic acids is 1. The van der Waals surface area contributed by atoms with Crippen molar-refractivity contribution in [1.82, 2.24) is 4.90 Å². The molecule has 2 rings (SSSR count). The molecule has 0 radical (unpaired) electrons. The number of hydrogen-bond acceptors (Lipinski definition) is 3. The van der Waals surface area contributed by atoms with E-state index in [1.165, 1.54) is 6.42 Å². The van der Waals surface area contributed by atoms with E-state index in [1.807, 2.05) is 4.90 Å². The number of rotatable bonds is 5. The van der Waals surface area contributed by atoms with Crippen LogP contribution in [0.3, 0.4) is 0 Å². The van der Waals surface area contributed by atoms with Gasteiger partial charge in [0.05, 0.1) is 12.0 Å². The lowest BCUT2D eigenvalue weighted by atomic mass is 9.77. The van der Waals surface area contributed by atoms with E-state index in [0.717, 1.165) is 45.3 Å². The molecule has 0 bridgehead atoms. The number of ether oxygens (including phenoxy) is 1. The van der Waals surface area contributed by atoms with Gasteiger partial charge in [0, 0.05) is 20.2 Å². The van der Waals surface area contributed by atoms with Crippen LogP contribution < -0.4 is 5.73 Å². The van der Waals surface area contributed by atoms with Gasteiger partial charge < -0.3 is 15.4 Å². The molecule has 1 saturated heterocycles. The van der Waals surface area contributed by atoms with E-state index in [9.17, 15) is 4.79 Å². The topological polar surface area (TPSA) is 55.6 Å². The molecule has 98 valence electrons. The number of hydrogen-bond donors (Lipinski definition) is 1. The van der Waals surface area contributed by atoms with Crippen molar-refractivity contribution >= 4 is 5.91 Å². The molecular weight excluding hydrogens is 216 g/mol. The summed E-state index contributed by atoms with van der Waals surface area (Å²) in [5.74, 6) is 0.884. The van der Waals surface area contributed by atoms with Crippen molar-refractivity contribution in [3.8, 4) is 0 Å². The number of amides is 1. The second-order valence-electron chi connectivity index (χ2n) is 5.49. The molecule has 1 aliphatic heterocycles. The second-order valence-corrected chi connectivity index (χ2v) is 5.49. The van der Waals surface area contributed by atoms with Crippen molar-refractivity contribution < 1.29 is 9.53 Å². The minimum atomic E-state index is -0.136. The Morgan fingerprint density at radius 2 is 2.29 bits per heavy atom. The van der Waals surface area contributed by atoms with Gasteiger partial charge in [-0.2, -0.15) is 0 Å². The minimum absolute atomic E-state index is 0.136. The van der Waals surface area contributed by atoms with Gasteiger partial charge in [-0.1, -0.05) is 0 Å². The zero-order chi connectivity index (χ0) is 12.3. The van der Waals surface area contributed by atoms with Gasteiger partial charge in [-0.3, -0.25) is 4.79 Å². The fraction of sp³-hybridized carbons (Fsp3) is 0.923. The Balaban J connectivity index is 1.81. The van der Waals surface area contributed by atoms with Crippen LogP contribution in [0.25, 0.3) is 0 Å². The molecule has 1 atom stereocenters. The normalized spacial score (nSPS) is 26.9. The molecule has 1 aliphatic carbocycles. The molecular formula is C13H24N2O2. The molecule has 0 aromatic heterocycles. The van der Waals surface area contributed by atoms with Crippen LogP contribution in [-0.2, 0) is 9.53 Å². The minimum Gasteiger partial charge on any atom is -0.378 e. The molecule has 0 aromatic carbocycles. The van der Waals surface area contributed by atoms with Gasteiger partial charge in [0.2, 0.25) is 5.91 Å². The number of nitrogens with two attached hydrogens (primary N) is 1. The van der Waals surface area contributed by atoms with Gasteiger partial charge in [-0.15, -0.1) is 0 Å². The zero-order valence-corrected chi connectivity index (χ0v) is 10.8. The van der Waals surface area contributed by atoms with Gasteiger partial charge >= 0.3 is 0 Å². The highest BCUT2D eigenvalue weighted by Crippen LogP contribution is 2.38. The molecule has 1 heterocycles. The number of carbonyl (C=O) groups is 1. The summed E-state index contributed by atoms with van der Waals surface area (Å²) in [5.41, 5.74) is 5.42. The van der Waals surface area contributed by atoms with E-state index >= 15 is 0 Å². The Kier molecular flexibility index (Phi) is 4.05. The van der Waals surface area contributed by atoms with E-state index in [-0.39, 0.29) is 11.5 Å². The summed E-state index contributed by atoms with van der Waals surface area (Å²) in [6.45, 7) is 2.54. The van der Waals surface area contributed by atoms with Crippen molar-refractivity contribution in [1.29, 1.82) is 0 Å². The van der Waals surface area contributed by atoms with E-state index in [2.05, 4.69) is 0 Å². The third-order valence-electron chi connectivity index (χ3n) is 4.38. The van der Waals surface area contributed by atoms with Crippen molar-refractivity contribution in [3.63, 3.8) is 0 Å². The highest BCUT2D eigenvalue weighted by Gasteiger charge is 2.40. The summed E-state index contributed by atoms with van der Waals surface area (Å²) in [5, 5.41) is 0. The standard InChI is InChI=1S/C13H24N2O2/c1-17-13(5-2-6-13)9-12(16)15-8-4-11(10-15)3-7-14/h11H,2-10,14H2,1H3.